The molecule has 18 heavy (non-hydrogen) atoms. The number of thiophene rings is 1. The Hall–Kier alpha value is -1.23. The molecule has 3 nitrogen and oxygen atoms in total. The van der Waals surface area contributed by atoms with Gasteiger partial charge in [0.2, 0.25) is 0 Å². The van der Waals surface area contributed by atoms with Gasteiger partial charge in [-0.05, 0) is 30.3 Å². The van der Waals surface area contributed by atoms with Crippen molar-refractivity contribution in [3.63, 3.8) is 0 Å². The molecular weight excluding hydrogens is 291 g/mol. The van der Waals surface area contributed by atoms with E-state index in [4.69, 9.17) is 28.9 Å². The number of hydrogen-bond donors (Lipinski definition) is 2. The minimum absolute atomic E-state index is 0.193. The summed E-state index contributed by atoms with van der Waals surface area (Å²) >= 11 is 13.1. The lowest BCUT2D eigenvalue weighted by molar-refractivity contribution is 0.0951. The van der Waals surface area contributed by atoms with Crippen LogP contribution in [0.15, 0.2) is 30.3 Å². The van der Waals surface area contributed by atoms with Crippen LogP contribution in [0.1, 0.15) is 15.2 Å². The highest BCUT2D eigenvalue weighted by molar-refractivity contribution is 7.16. The van der Waals surface area contributed by atoms with Crippen molar-refractivity contribution in [2.24, 2.45) is 0 Å². The average molecular weight is 301 g/mol. The van der Waals surface area contributed by atoms with E-state index < -0.39 is 0 Å². The van der Waals surface area contributed by atoms with Gasteiger partial charge in [0.25, 0.3) is 5.91 Å². The number of benzene rings is 1. The third-order valence-electron chi connectivity index (χ3n) is 2.31. The molecule has 0 radical (unpaired) electrons. The van der Waals surface area contributed by atoms with E-state index in [1.807, 2.05) is 6.07 Å². The molecule has 0 aliphatic carbocycles. The fourth-order valence-corrected chi connectivity index (χ4v) is 2.59. The molecule has 0 saturated heterocycles. The zero-order valence-corrected chi connectivity index (χ0v) is 11.6. The molecule has 6 heteroatoms. The van der Waals surface area contributed by atoms with Crippen molar-refractivity contribution < 1.29 is 4.79 Å². The molecule has 3 N–H and O–H groups in total. The van der Waals surface area contributed by atoms with Gasteiger partial charge in [-0.2, -0.15) is 0 Å². The maximum absolute atomic E-state index is 11.8. The lowest BCUT2D eigenvalue weighted by atomic mass is 10.2. The number of nitrogens with two attached hydrogens (primary N) is 1. The first-order valence-corrected chi connectivity index (χ1v) is 6.71. The van der Waals surface area contributed by atoms with Crippen LogP contribution in [0, 0.1) is 0 Å². The number of carbonyl (C=O) groups excluding carboxylic acids is 1. The van der Waals surface area contributed by atoms with E-state index in [-0.39, 0.29) is 5.91 Å². The molecule has 2 rings (SSSR count). The highest BCUT2D eigenvalue weighted by atomic mass is 35.5. The average Bonchev–Trinajstić information content (AvgIpc) is 2.75. The largest absolute Gasteiger partial charge is 0.398 e. The van der Waals surface area contributed by atoms with Crippen LogP contribution in [0.3, 0.4) is 0 Å². The second kappa shape index (κ2) is 5.61. The third-order valence-corrected chi connectivity index (χ3v) is 3.87. The third kappa shape index (κ3) is 3.16. The number of rotatable bonds is 3. The molecule has 0 aliphatic rings. The molecule has 0 fully saturated rings. The van der Waals surface area contributed by atoms with E-state index in [0.717, 1.165) is 4.88 Å². The fraction of sp³-hybridized carbons (Fsp3) is 0.0833. The normalized spacial score (nSPS) is 10.3. The van der Waals surface area contributed by atoms with E-state index in [9.17, 15) is 4.79 Å². The van der Waals surface area contributed by atoms with Gasteiger partial charge in [-0.3, -0.25) is 4.79 Å². The Morgan fingerprint density at radius 1 is 1.28 bits per heavy atom. The summed E-state index contributed by atoms with van der Waals surface area (Å²) in [5.41, 5.74) is 6.52. The van der Waals surface area contributed by atoms with Gasteiger partial charge in [0.1, 0.15) is 0 Å². The summed E-state index contributed by atoms with van der Waals surface area (Å²) in [4.78, 5) is 12.8. The van der Waals surface area contributed by atoms with Gasteiger partial charge in [0.15, 0.2) is 0 Å². The van der Waals surface area contributed by atoms with Crippen LogP contribution in [0.4, 0.5) is 5.69 Å². The number of hydrogen-bond acceptors (Lipinski definition) is 3. The van der Waals surface area contributed by atoms with Gasteiger partial charge in [-0.25, -0.2) is 0 Å². The number of nitrogens with one attached hydrogen (secondary N) is 1. The predicted octanol–water partition coefficient (Wildman–Crippen LogP) is 3.57. The Morgan fingerprint density at radius 2 is 2.06 bits per heavy atom. The summed E-state index contributed by atoms with van der Waals surface area (Å²) < 4.78 is 0.703. The van der Waals surface area contributed by atoms with Gasteiger partial charge in [-0.1, -0.05) is 23.2 Å². The molecule has 0 unspecified atom stereocenters. The minimum atomic E-state index is -0.193. The van der Waals surface area contributed by atoms with E-state index in [0.29, 0.717) is 27.2 Å². The van der Waals surface area contributed by atoms with E-state index >= 15 is 0 Å². The lowest BCUT2D eigenvalue weighted by Gasteiger charge is -2.05. The summed E-state index contributed by atoms with van der Waals surface area (Å²) in [7, 11) is 0. The standard InChI is InChI=1S/C12H10Cl2N2OS/c13-9-5-7(1-3-10(9)15)12(17)16-6-8-2-4-11(14)18-8/h1-5H,6,15H2,(H,16,17). The number of anilines is 1. The summed E-state index contributed by atoms with van der Waals surface area (Å²) in [5, 5.41) is 3.17. The van der Waals surface area contributed by atoms with E-state index in [1.54, 1.807) is 24.3 Å². The maximum atomic E-state index is 11.8. The van der Waals surface area contributed by atoms with Crippen LogP contribution in [0.25, 0.3) is 0 Å². The second-order valence-electron chi connectivity index (χ2n) is 3.62. The molecule has 0 bridgehead atoms. The molecular formula is C12H10Cl2N2OS. The van der Waals surface area contributed by atoms with Crippen LogP contribution in [-0.2, 0) is 6.54 Å². The number of amides is 1. The van der Waals surface area contributed by atoms with Crippen molar-refractivity contribution in [3.8, 4) is 0 Å². The lowest BCUT2D eigenvalue weighted by Crippen LogP contribution is -2.22. The first-order chi connectivity index (χ1) is 8.56. The van der Waals surface area contributed by atoms with E-state index in [1.165, 1.54) is 11.3 Å². The van der Waals surface area contributed by atoms with Crippen molar-refractivity contribution in [2.45, 2.75) is 6.54 Å². The van der Waals surface area contributed by atoms with Crippen molar-refractivity contribution in [3.05, 3.63) is 50.1 Å². The van der Waals surface area contributed by atoms with Crippen LogP contribution < -0.4 is 11.1 Å². The predicted molar refractivity (Wildman–Crippen MR) is 76.4 cm³/mol. The van der Waals surface area contributed by atoms with Gasteiger partial charge >= 0.3 is 0 Å². The van der Waals surface area contributed by atoms with Crippen molar-refractivity contribution in [1.29, 1.82) is 0 Å². The Bertz CT molecular complexity index is 583. The molecule has 94 valence electrons. The Labute approximate surface area is 119 Å². The topological polar surface area (TPSA) is 55.1 Å². The maximum Gasteiger partial charge on any atom is 0.251 e. The summed E-state index contributed by atoms with van der Waals surface area (Å²) in [6, 6.07) is 8.47. The first-order valence-electron chi connectivity index (χ1n) is 5.13. The summed E-state index contributed by atoms with van der Waals surface area (Å²) in [5.74, 6) is -0.193. The van der Waals surface area contributed by atoms with Crippen LogP contribution in [0.2, 0.25) is 9.36 Å². The van der Waals surface area contributed by atoms with Gasteiger partial charge < -0.3 is 11.1 Å². The molecule has 2 aromatic rings. The highest BCUT2D eigenvalue weighted by Gasteiger charge is 2.08. The molecule has 0 atom stereocenters. The SMILES string of the molecule is Nc1ccc(C(=O)NCc2ccc(Cl)s2)cc1Cl. The minimum Gasteiger partial charge on any atom is -0.398 e. The molecule has 1 aromatic heterocycles. The van der Waals surface area contributed by atoms with E-state index in [2.05, 4.69) is 5.32 Å². The monoisotopic (exact) mass is 300 g/mol. The molecule has 1 heterocycles. The molecule has 0 aliphatic heterocycles. The van der Waals surface area contributed by atoms with Crippen molar-refractivity contribution in [2.75, 3.05) is 5.73 Å². The van der Waals surface area contributed by atoms with Gasteiger partial charge in [-0.15, -0.1) is 11.3 Å². The van der Waals surface area contributed by atoms with Gasteiger partial charge in [0, 0.05) is 10.4 Å². The van der Waals surface area contributed by atoms with Crippen LogP contribution in [-0.4, -0.2) is 5.91 Å². The summed E-state index contributed by atoms with van der Waals surface area (Å²) in [6.45, 7) is 0.443. The smallest absolute Gasteiger partial charge is 0.251 e. The molecule has 1 amide bonds. The number of nitrogen functional groups attached to an aromatic ring is 1. The zero-order valence-electron chi connectivity index (χ0n) is 9.24. The Kier molecular flexibility index (Phi) is 4.11. The summed E-state index contributed by atoms with van der Waals surface area (Å²) in [6.07, 6.45) is 0. The highest BCUT2D eigenvalue weighted by Crippen LogP contribution is 2.22. The van der Waals surface area contributed by atoms with Crippen LogP contribution in [0.5, 0.6) is 0 Å². The van der Waals surface area contributed by atoms with Crippen molar-refractivity contribution >= 4 is 46.1 Å². The van der Waals surface area contributed by atoms with Gasteiger partial charge in [0.05, 0.1) is 21.6 Å². The Morgan fingerprint density at radius 3 is 2.67 bits per heavy atom. The molecule has 0 saturated carbocycles. The number of halogens is 2. The van der Waals surface area contributed by atoms with Crippen LogP contribution >= 0.6 is 34.5 Å². The zero-order chi connectivity index (χ0) is 13.1. The molecule has 1 aromatic carbocycles. The fourth-order valence-electron chi connectivity index (χ4n) is 1.38. The first kappa shape index (κ1) is 13.2. The number of carbonyl (C=O) groups is 1. The second-order valence-corrected chi connectivity index (χ2v) is 5.83. The van der Waals surface area contributed by atoms with Crippen molar-refractivity contribution in [1.82, 2.24) is 5.32 Å². The Balaban J connectivity index is 2.01. The quantitative estimate of drug-likeness (QED) is 0.852. The molecule has 0 spiro atoms.